The number of rotatable bonds is 4. The van der Waals surface area contributed by atoms with E-state index < -0.39 is 10.8 Å². The molecular weight excluding hydrogens is 307 g/mol. The zero-order valence-electron chi connectivity index (χ0n) is 10.4. The summed E-state index contributed by atoms with van der Waals surface area (Å²) >= 11 is 11.8. The van der Waals surface area contributed by atoms with Crippen LogP contribution in [0.4, 0.5) is 0 Å². The Labute approximate surface area is 123 Å². The van der Waals surface area contributed by atoms with Gasteiger partial charge in [0, 0.05) is 16.6 Å². The third-order valence-corrected chi connectivity index (χ3v) is 4.93. The molecule has 0 spiro atoms. The van der Waals surface area contributed by atoms with E-state index in [0.717, 1.165) is 5.56 Å². The first-order chi connectivity index (χ1) is 8.97. The van der Waals surface area contributed by atoms with Gasteiger partial charge < -0.3 is 4.52 Å². The number of aromatic nitrogens is 2. The van der Waals surface area contributed by atoms with Crippen LogP contribution < -0.4 is 0 Å². The molecule has 0 aliphatic carbocycles. The maximum Gasteiger partial charge on any atom is 0.242 e. The molecule has 0 N–H and O–H groups in total. The lowest BCUT2D eigenvalue weighted by atomic mass is 10.2. The molecule has 0 bridgehead atoms. The lowest BCUT2D eigenvalue weighted by Crippen LogP contribution is -2.06. The standard InChI is InChI=1S/C12H12Cl2N2O2S/c1-7(12-15-8(2)16-18-12)19(17)6-9-3-4-10(13)11(14)5-9/h3-5,7H,6H2,1-2H3/t7-,19-/m0/s1. The highest BCUT2D eigenvalue weighted by Crippen LogP contribution is 2.25. The molecule has 0 aliphatic rings. The fourth-order valence-corrected chi connectivity index (χ4v) is 2.91. The lowest BCUT2D eigenvalue weighted by Gasteiger charge is -2.07. The quantitative estimate of drug-likeness (QED) is 0.862. The average Bonchev–Trinajstić information content (AvgIpc) is 2.79. The Morgan fingerprint density at radius 1 is 1.37 bits per heavy atom. The molecule has 0 amide bonds. The molecule has 4 nitrogen and oxygen atoms in total. The van der Waals surface area contributed by atoms with Gasteiger partial charge in [0.05, 0.1) is 10.0 Å². The van der Waals surface area contributed by atoms with Crippen molar-refractivity contribution in [2.24, 2.45) is 0 Å². The van der Waals surface area contributed by atoms with Crippen molar-refractivity contribution in [2.45, 2.75) is 24.9 Å². The zero-order chi connectivity index (χ0) is 14.0. The summed E-state index contributed by atoms with van der Waals surface area (Å²) in [7, 11) is -1.17. The van der Waals surface area contributed by atoms with Crippen molar-refractivity contribution in [1.82, 2.24) is 10.1 Å². The smallest absolute Gasteiger partial charge is 0.242 e. The van der Waals surface area contributed by atoms with Gasteiger partial charge in [-0.15, -0.1) is 0 Å². The summed E-state index contributed by atoms with van der Waals surface area (Å²) in [6.45, 7) is 3.52. The summed E-state index contributed by atoms with van der Waals surface area (Å²) in [6, 6.07) is 5.21. The maximum atomic E-state index is 12.2. The van der Waals surface area contributed by atoms with Crippen molar-refractivity contribution in [1.29, 1.82) is 0 Å². The van der Waals surface area contributed by atoms with E-state index in [1.54, 1.807) is 32.0 Å². The summed E-state index contributed by atoms with van der Waals surface area (Å²) in [5.41, 5.74) is 0.857. The SMILES string of the molecule is Cc1noc([C@H](C)[S@@](=O)Cc2ccc(Cl)c(Cl)c2)n1. The predicted octanol–water partition coefficient (Wildman–Crippen LogP) is 3.69. The van der Waals surface area contributed by atoms with E-state index in [4.69, 9.17) is 27.7 Å². The largest absolute Gasteiger partial charge is 0.338 e. The highest BCUT2D eigenvalue weighted by atomic mass is 35.5. The van der Waals surface area contributed by atoms with Crippen LogP contribution in [-0.4, -0.2) is 14.3 Å². The topological polar surface area (TPSA) is 56.0 Å². The van der Waals surface area contributed by atoms with Crippen LogP contribution in [0.15, 0.2) is 22.7 Å². The van der Waals surface area contributed by atoms with Gasteiger partial charge in [0.1, 0.15) is 5.25 Å². The van der Waals surface area contributed by atoms with Crippen molar-refractivity contribution < 1.29 is 8.73 Å². The predicted molar refractivity (Wildman–Crippen MR) is 75.8 cm³/mol. The summed E-state index contributed by atoms with van der Waals surface area (Å²) < 4.78 is 17.3. The highest BCUT2D eigenvalue weighted by molar-refractivity contribution is 7.84. The molecule has 0 radical (unpaired) electrons. The number of aryl methyl sites for hydroxylation is 1. The number of hydrogen-bond acceptors (Lipinski definition) is 4. The first kappa shape index (κ1) is 14.5. The maximum absolute atomic E-state index is 12.2. The van der Waals surface area contributed by atoms with Gasteiger partial charge in [-0.1, -0.05) is 34.4 Å². The minimum absolute atomic E-state index is 0.323. The highest BCUT2D eigenvalue weighted by Gasteiger charge is 2.20. The Morgan fingerprint density at radius 2 is 2.11 bits per heavy atom. The van der Waals surface area contributed by atoms with Gasteiger partial charge in [-0.25, -0.2) is 0 Å². The summed E-state index contributed by atoms with van der Waals surface area (Å²) in [6.07, 6.45) is 0. The van der Waals surface area contributed by atoms with Gasteiger partial charge in [0.2, 0.25) is 5.89 Å². The monoisotopic (exact) mass is 318 g/mol. The second kappa shape index (κ2) is 6.03. The Hall–Kier alpha value is -0.910. The normalized spacial score (nSPS) is 14.3. The Bertz CT molecular complexity index is 616. The first-order valence-electron chi connectivity index (χ1n) is 5.58. The van der Waals surface area contributed by atoms with Gasteiger partial charge in [-0.3, -0.25) is 4.21 Å². The third kappa shape index (κ3) is 3.55. The van der Waals surface area contributed by atoms with E-state index in [1.165, 1.54) is 0 Å². The van der Waals surface area contributed by atoms with Gasteiger partial charge in [-0.2, -0.15) is 4.98 Å². The fourth-order valence-electron chi connectivity index (χ4n) is 1.51. The van der Waals surface area contributed by atoms with Crippen molar-refractivity contribution in [2.75, 3.05) is 0 Å². The Kier molecular flexibility index (Phi) is 4.60. The van der Waals surface area contributed by atoms with Crippen LogP contribution in [-0.2, 0) is 16.6 Å². The van der Waals surface area contributed by atoms with Crippen LogP contribution in [0.3, 0.4) is 0 Å². The van der Waals surface area contributed by atoms with E-state index >= 15 is 0 Å². The van der Waals surface area contributed by atoms with E-state index in [0.29, 0.717) is 27.5 Å². The van der Waals surface area contributed by atoms with Gasteiger partial charge >= 0.3 is 0 Å². The molecule has 102 valence electrons. The molecule has 1 heterocycles. The molecule has 7 heteroatoms. The van der Waals surface area contributed by atoms with Crippen molar-refractivity contribution in [3.8, 4) is 0 Å². The molecule has 19 heavy (non-hydrogen) atoms. The average molecular weight is 319 g/mol. The number of hydrogen-bond donors (Lipinski definition) is 0. The van der Waals surface area contributed by atoms with Crippen LogP contribution in [0.5, 0.6) is 0 Å². The summed E-state index contributed by atoms with van der Waals surface area (Å²) in [5.74, 6) is 1.28. The van der Waals surface area contributed by atoms with Gasteiger partial charge in [0.25, 0.3) is 0 Å². The minimum Gasteiger partial charge on any atom is -0.338 e. The molecule has 2 atom stereocenters. The molecule has 1 aromatic carbocycles. The molecular formula is C12H12Cl2N2O2S. The zero-order valence-corrected chi connectivity index (χ0v) is 12.7. The first-order valence-corrected chi connectivity index (χ1v) is 7.72. The third-order valence-electron chi connectivity index (χ3n) is 2.58. The summed E-state index contributed by atoms with van der Waals surface area (Å²) in [5, 5.41) is 4.31. The molecule has 0 saturated carbocycles. The van der Waals surface area contributed by atoms with Crippen LogP contribution in [0, 0.1) is 6.92 Å². The van der Waals surface area contributed by atoms with Crippen LogP contribution in [0.2, 0.25) is 10.0 Å². The van der Waals surface area contributed by atoms with Crippen molar-refractivity contribution in [3.05, 3.63) is 45.5 Å². The molecule has 0 unspecified atom stereocenters. The van der Waals surface area contributed by atoms with E-state index in [1.807, 2.05) is 0 Å². The van der Waals surface area contributed by atoms with Crippen LogP contribution in [0.1, 0.15) is 29.5 Å². The molecule has 0 aliphatic heterocycles. The van der Waals surface area contributed by atoms with Crippen LogP contribution >= 0.6 is 23.2 Å². The van der Waals surface area contributed by atoms with Crippen LogP contribution in [0.25, 0.3) is 0 Å². The van der Waals surface area contributed by atoms with E-state index in [-0.39, 0.29) is 5.25 Å². The molecule has 1 aromatic heterocycles. The van der Waals surface area contributed by atoms with E-state index in [9.17, 15) is 4.21 Å². The lowest BCUT2D eigenvalue weighted by molar-refractivity contribution is 0.375. The van der Waals surface area contributed by atoms with Gasteiger partial charge in [0.15, 0.2) is 5.82 Å². The molecule has 2 rings (SSSR count). The number of nitrogens with zero attached hydrogens (tertiary/aromatic N) is 2. The number of halogens is 2. The minimum atomic E-state index is -1.17. The molecule has 2 aromatic rings. The second-order valence-electron chi connectivity index (χ2n) is 4.10. The number of benzene rings is 1. The molecule has 0 saturated heterocycles. The Balaban J connectivity index is 2.10. The fraction of sp³-hybridized carbons (Fsp3) is 0.333. The Morgan fingerprint density at radius 3 is 2.68 bits per heavy atom. The molecule has 0 fully saturated rings. The second-order valence-corrected chi connectivity index (χ2v) is 6.67. The van der Waals surface area contributed by atoms with Crippen molar-refractivity contribution >= 4 is 34.0 Å². The van der Waals surface area contributed by atoms with Crippen molar-refractivity contribution in [3.63, 3.8) is 0 Å². The van der Waals surface area contributed by atoms with E-state index in [2.05, 4.69) is 10.1 Å². The van der Waals surface area contributed by atoms with Gasteiger partial charge in [-0.05, 0) is 31.5 Å². The summed E-state index contributed by atoms with van der Waals surface area (Å²) in [4.78, 5) is 4.09.